The molecule has 52 valence electrons. The first-order chi connectivity index (χ1) is 4.74. The maximum Gasteiger partial charge on any atom is 0.210 e. The van der Waals surface area contributed by atoms with E-state index in [0.29, 0.717) is 5.57 Å². The predicted octanol–water partition coefficient (Wildman–Crippen LogP) is 1.46. The van der Waals surface area contributed by atoms with Gasteiger partial charge in [-0.05, 0) is 0 Å². The number of hydrogen-bond acceptors (Lipinski definition) is 3. The summed E-state index contributed by atoms with van der Waals surface area (Å²) in [7, 11) is 0. The van der Waals surface area contributed by atoms with Crippen molar-refractivity contribution in [2.45, 2.75) is 5.62 Å². The lowest BCUT2D eigenvalue weighted by molar-refractivity contribution is 0.562. The molecule has 0 aromatic heterocycles. The van der Waals surface area contributed by atoms with Crippen LogP contribution in [-0.4, -0.2) is 16.3 Å². The molecule has 1 heterocycles. The number of allylic oxidation sites excluding steroid dienone is 1. The molecule has 0 fully saturated rings. The van der Waals surface area contributed by atoms with Crippen LogP contribution in [0.1, 0.15) is 0 Å². The summed E-state index contributed by atoms with van der Waals surface area (Å²) < 4.78 is 1.14. The van der Waals surface area contributed by atoms with Crippen LogP contribution in [0.2, 0.25) is 0 Å². The van der Waals surface area contributed by atoms with Crippen molar-refractivity contribution in [1.29, 1.82) is 5.26 Å². The van der Waals surface area contributed by atoms with Gasteiger partial charge in [-0.15, -0.1) is 0 Å². The fourth-order valence-electron chi connectivity index (χ4n) is 0.491. The van der Waals surface area contributed by atoms with Gasteiger partial charge >= 0.3 is 0 Å². The van der Waals surface area contributed by atoms with E-state index in [2.05, 4.69) is 4.99 Å². The lowest BCUT2D eigenvalue weighted by Gasteiger charge is -2.16. The number of halogens is 2. The van der Waals surface area contributed by atoms with Crippen LogP contribution >= 0.6 is 23.4 Å². The van der Waals surface area contributed by atoms with E-state index in [-0.39, 0.29) is 0 Å². The predicted molar refractivity (Wildman–Crippen MR) is 39.5 cm³/mol. The summed E-state index contributed by atoms with van der Waals surface area (Å²) in [4.78, 5) is 3.71. The average Bonchev–Trinajstić information content (AvgIpc) is 1.95. The summed E-state index contributed by atoms with van der Waals surface area (Å²) in [6.07, 6.45) is 2.81. The van der Waals surface area contributed by atoms with Gasteiger partial charge in [0.25, 0.3) is 0 Å². The molecular formula is C5H3Cl2N3. The first-order valence-electron chi connectivity index (χ1n) is 2.47. The van der Waals surface area contributed by atoms with E-state index >= 15 is 0 Å². The van der Waals surface area contributed by atoms with Gasteiger partial charge < -0.3 is 0 Å². The van der Waals surface area contributed by atoms with Gasteiger partial charge in [0.1, 0.15) is 6.07 Å². The minimum atomic E-state index is -0.598. The monoisotopic (exact) mass is 175 g/mol. The fraction of sp³-hybridized carbons (Fsp3) is 0.200. The quantitative estimate of drug-likeness (QED) is 0.318. The maximum atomic E-state index is 8.36. The van der Waals surface area contributed by atoms with Crippen LogP contribution in [0.4, 0.5) is 0 Å². The summed E-state index contributed by atoms with van der Waals surface area (Å²) in [6.45, 7) is 0. The minimum absolute atomic E-state index is 0.395. The Bertz CT molecular complexity index is 228. The molecule has 1 atom stereocenters. The van der Waals surface area contributed by atoms with Crippen LogP contribution in [-0.2, 0) is 0 Å². The normalized spacial score (nSPS) is 23.9. The second-order valence-electron chi connectivity index (χ2n) is 1.63. The highest BCUT2D eigenvalue weighted by Gasteiger charge is 2.12. The van der Waals surface area contributed by atoms with Gasteiger partial charge in [-0.25, -0.2) is 0 Å². The molecule has 5 heteroatoms. The zero-order chi connectivity index (χ0) is 7.56. The summed E-state index contributed by atoms with van der Waals surface area (Å²) in [6, 6.07) is 1.88. The molecule has 0 amide bonds. The molecule has 0 aromatic carbocycles. The molecule has 0 saturated carbocycles. The molecule has 0 N–H and O–H groups in total. The van der Waals surface area contributed by atoms with Crippen molar-refractivity contribution in [3.05, 3.63) is 11.8 Å². The molecule has 0 spiro atoms. The molecule has 0 aromatic rings. The zero-order valence-electron chi connectivity index (χ0n) is 4.83. The van der Waals surface area contributed by atoms with E-state index in [1.165, 1.54) is 12.4 Å². The van der Waals surface area contributed by atoms with Crippen molar-refractivity contribution in [1.82, 2.24) is 4.42 Å². The molecule has 1 unspecified atom stereocenters. The molecule has 0 aliphatic carbocycles. The van der Waals surface area contributed by atoms with Crippen LogP contribution in [0.15, 0.2) is 16.8 Å². The second kappa shape index (κ2) is 2.91. The SMILES string of the molecule is N#CC1=CN(Cl)C(Cl)N=C1. The van der Waals surface area contributed by atoms with Crippen molar-refractivity contribution in [3.63, 3.8) is 0 Å². The minimum Gasteiger partial charge on any atom is -0.253 e. The van der Waals surface area contributed by atoms with E-state index in [4.69, 9.17) is 28.6 Å². The van der Waals surface area contributed by atoms with Crippen LogP contribution in [0, 0.1) is 11.3 Å². The summed E-state index contributed by atoms with van der Waals surface area (Å²) >= 11 is 11.0. The van der Waals surface area contributed by atoms with Gasteiger partial charge in [-0.1, -0.05) is 11.6 Å². The van der Waals surface area contributed by atoms with Crippen molar-refractivity contribution in [2.75, 3.05) is 0 Å². The van der Waals surface area contributed by atoms with Crippen molar-refractivity contribution in [2.24, 2.45) is 4.99 Å². The Hall–Kier alpha value is -0.720. The van der Waals surface area contributed by atoms with E-state index in [0.717, 1.165) is 4.42 Å². The third-order valence-corrected chi connectivity index (χ3v) is 1.64. The Kier molecular flexibility index (Phi) is 2.15. The van der Waals surface area contributed by atoms with Crippen molar-refractivity contribution in [3.8, 4) is 6.07 Å². The first-order valence-corrected chi connectivity index (χ1v) is 3.25. The highest BCUT2D eigenvalue weighted by Crippen LogP contribution is 2.15. The second-order valence-corrected chi connectivity index (χ2v) is 2.41. The van der Waals surface area contributed by atoms with Gasteiger partial charge in [-0.3, -0.25) is 9.41 Å². The van der Waals surface area contributed by atoms with E-state index in [1.807, 2.05) is 6.07 Å². The Morgan fingerprint density at radius 2 is 2.50 bits per heavy atom. The van der Waals surface area contributed by atoms with Gasteiger partial charge in [0, 0.05) is 24.2 Å². The van der Waals surface area contributed by atoms with Crippen molar-refractivity contribution < 1.29 is 0 Å². The number of aliphatic imine (C=N–C) groups is 1. The number of rotatable bonds is 0. The standard InChI is InChI=1S/C5H3Cl2N3/c6-5-9-2-4(1-8)3-10(5)7/h2-3,5H. The lowest BCUT2D eigenvalue weighted by atomic mass is 10.3. The largest absolute Gasteiger partial charge is 0.253 e. The number of nitrogens with zero attached hydrogens (tertiary/aromatic N) is 3. The Labute approximate surface area is 68.3 Å². The van der Waals surface area contributed by atoms with Crippen LogP contribution in [0.3, 0.4) is 0 Å². The number of nitriles is 1. The van der Waals surface area contributed by atoms with Crippen LogP contribution < -0.4 is 0 Å². The molecular weight excluding hydrogens is 173 g/mol. The van der Waals surface area contributed by atoms with E-state index in [9.17, 15) is 0 Å². The Balaban J connectivity index is 2.78. The third kappa shape index (κ3) is 1.41. The average molecular weight is 176 g/mol. The molecule has 0 radical (unpaired) electrons. The summed E-state index contributed by atoms with van der Waals surface area (Å²) in [5.41, 5.74) is -0.203. The maximum absolute atomic E-state index is 8.36. The van der Waals surface area contributed by atoms with Gasteiger partial charge in [-0.2, -0.15) is 5.26 Å². The molecule has 3 nitrogen and oxygen atoms in total. The molecule has 1 rings (SSSR count). The Morgan fingerprint density at radius 1 is 1.80 bits per heavy atom. The summed E-state index contributed by atoms with van der Waals surface area (Å²) in [5.74, 6) is 0. The molecule has 0 bridgehead atoms. The molecule has 0 saturated heterocycles. The smallest absolute Gasteiger partial charge is 0.210 e. The molecule has 10 heavy (non-hydrogen) atoms. The molecule has 1 aliphatic heterocycles. The van der Waals surface area contributed by atoms with E-state index in [1.54, 1.807) is 0 Å². The highest BCUT2D eigenvalue weighted by molar-refractivity contribution is 6.26. The fourth-order valence-corrected chi connectivity index (χ4v) is 0.759. The lowest BCUT2D eigenvalue weighted by Crippen LogP contribution is -2.18. The highest BCUT2D eigenvalue weighted by atomic mass is 35.5. The zero-order valence-corrected chi connectivity index (χ0v) is 6.34. The van der Waals surface area contributed by atoms with Gasteiger partial charge in [0.05, 0.1) is 5.57 Å². The van der Waals surface area contributed by atoms with Crippen LogP contribution in [0.25, 0.3) is 0 Å². The van der Waals surface area contributed by atoms with E-state index < -0.39 is 5.62 Å². The van der Waals surface area contributed by atoms with Crippen molar-refractivity contribution >= 4 is 29.6 Å². The number of alkyl halides is 1. The number of hydrogen-bond donors (Lipinski definition) is 0. The van der Waals surface area contributed by atoms with Gasteiger partial charge in [0.15, 0.2) is 0 Å². The topological polar surface area (TPSA) is 39.4 Å². The molecule has 1 aliphatic rings. The Morgan fingerprint density at radius 3 is 3.00 bits per heavy atom. The van der Waals surface area contributed by atoms with Crippen LogP contribution in [0.5, 0.6) is 0 Å². The van der Waals surface area contributed by atoms with Gasteiger partial charge in [0.2, 0.25) is 5.62 Å². The third-order valence-electron chi connectivity index (χ3n) is 0.932. The summed E-state index contributed by atoms with van der Waals surface area (Å²) in [5, 5.41) is 8.36. The first kappa shape index (κ1) is 7.39.